The van der Waals surface area contributed by atoms with Crippen molar-refractivity contribution < 1.29 is 22.4 Å². The van der Waals surface area contributed by atoms with Crippen LogP contribution in [0.3, 0.4) is 0 Å². The second kappa shape index (κ2) is 18.7. The van der Waals surface area contributed by atoms with Gasteiger partial charge in [-0.2, -0.15) is 0 Å². The molecular weight excluding hydrogens is 294 g/mol. The molecule has 4 heteroatoms. The van der Waals surface area contributed by atoms with Crippen LogP contribution in [0.15, 0.2) is 0 Å². The summed E-state index contributed by atoms with van der Waals surface area (Å²) >= 11 is 0. The molecule has 0 aliphatic heterocycles. The molecule has 0 N–H and O–H groups in total. The molecule has 28 valence electrons. The van der Waals surface area contributed by atoms with E-state index in [1.165, 1.54) is 0 Å². The first kappa shape index (κ1) is 33.9. The average Bonchev–Trinajstić information content (AvgIpc) is 0. The molecule has 0 unspecified atom stereocenters. The van der Waals surface area contributed by atoms with E-state index >= 15 is 0 Å². The Morgan fingerprint density at radius 1 is 0.750 bits per heavy atom. The minimum absolute atomic E-state index is 0. The Bertz CT molecular complexity index is 6.00. The quantitative estimate of drug-likeness (QED) is 0.534. The van der Waals surface area contributed by atoms with Gasteiger partial charge in [-0.05, 0) is 0 Å². The Kier molecular flexibility index (Phi) is 159. The minimum Gasteiger partial charge on any atom is -2.00 e. The number of hydrogen-bond acceptors (Lipinski definition) is 0. The van der Waals surface area contributed by atoms with Crippen molar-refractivity contribution in [3.8, 4) is 0 Å². The molecule has 0 bridgehead atoms. The SMILES string of the molecule is [Ag+].[S-2].[S-2].[Sb+3]. The summed E-state index contributed by atoms with van der Waals surface area (Å²) in [6, 6.07) is 0. The van der Waals surface area contributed by atoms with Crippen LogP contribution in [0.1, 0.15) is 0 Å². The first-order chi connectivity index (χ1) is 0. The molecule has 0 saturated carbocycles. The van der Waals surface area contributed by atoms with Crippen molar-refractivity contribution in [2.75, 3.05) is 0 Å². The Morgan fingerprint density at radius 2 is 0.750 bits per heavy atom. The molecule has 0 saturated heterocycles. The molecule has 0 spiro atoms. The van der Waals surface area contributed by atoms with Crippen LogP contribution in [0.25, 0.3) is 0 Å². The van der Waals surface area contributed by atoms with E-state index < -0.39 is 0 Å². The second-order valence-electron chi connectivity index (χ2n) is 0. The molecule has 0 aromatic rings. The zero-order chi connectivity index (χ0) is 0. The van der Waals surface area contributed by atoms with Crippen molar-refractivity contribution in [3.05, 3.63) is 0 Å². The second-order valence-corrected chi connectivity index (χ2v) is 0. The predicted octanol–water partition coefficient (Wildman–Crippen LogP) is -0.388. The Hall–Kier alpha value is 2.26. The maximum absolute atomic E-state index is 0. The van der Waals surface area contributed by atoms with Crippen molar-refractivity contribution in [3.63, 3.8) is 0 Å². The van der Waals surface area contributed by atoms with Crippen LogP contribution >= 0.6 is 0 Å². The Balaban J connectivity index is 0. The van der Waals surface area contributed by atoms with Gasteiger partial charge >= 0.3 is 46.8 Å². The molecule has 0 amide bonds. The molecule has 0 nitrogen and oxygen atoms in total. The molecule has 0 aliphatic carbocycles. The van der Waals surface area contributed by atoms with Gasteiger partial charge in [0, 0.05) is 0 Å². The molecule has 4 heavy (non-hydrogen) atoms. The zero-order valence-electron chi connectivity index (χ0n) is 1.57. The molecule has 0 rings (SSSR count). The van der Waals surface area contributed by atoms with Gasteiger partial charge in [-0.25, -0.2) is 0 Å². The topological polar surface area (TPSA) is 0 Å². The van der Waals surface area contributed by atoms with E-state index in [1.54, 1.807) is 0 Å². The van der Waals surface area contributed by atoms with E-state index in [9.17, 15) is 0 Å². The van der Waals surface area contributed by atoms with Gasteiger partial charge in [0.25, 0.3) is 0 Å². The van der Waals surface area contributed by atoms with Crippen LogP contribution in [0.5, 0.6) is 0 Å². The van der Waals surface area contributed by atoms with E-state index in [2.05, 4.69) is 0 Å². The smallest absolute Gasteiger partial charge is 2.00 e. The third kappa shape index (κ3) is 8.86. The molecule has 0 atom stereocenters. The molecule has 0 aromatic heterocycles. The van der Waals surface area contributed by atoms with Crippen LogP contribution in [0.4, 0.5) is 0 Å². The summed E-state index contributed by atoms with van der Waals surface area (Å²) in [5.74, 6) is 0. The van der Waals surface area contributed by atoms with Gasteiger partial charge in [0.15, 0.2) is 0 Å². The minimum atomic E-state index is 0. The third-order valence-corrected chi connectivity index (χ3v) is 0. The van der Waals surface area contributed by atoms with Crippen LogP contribution < -0.4 is 0 Å². The van der Waals surface area contributed by atoms with E-state index in [0.717, 1.165) is 0 Å². The summed E-state index contributed by atoms with van der Waals surface area (Å²) in [4.78, 5) is 0. The molecule has 0 aliphatic rings. The fraction of sp³-hybridized carbons (Fsp3) is 0. The molecule has 0 fully saturated rings. The predicted molar refractivity (Wildman–Crippen MR) is 20.5 cm³/mol. The van der Waals surface area contributed by atoms with Gasteiger partial charge in [0.05, 0.1) is 0 Å². The largest absolute Gasteiger partial charge is 3.00 e. The van der Waals surface area contributed by atoms with Crippen LogP contribution in [0, 0.1) is 0 Å². The van der Waals surface area contributed by atoms with E-state index in [4.69, 9.17) is 0 Å². The van der Waals surface area contributed by atoms with Gasteiger partial charge in [0.2, 0.25) is 0 Å². The average molecular weight is 294 g/mol. The van der Waals surface area contributed by atoms with Gasteiger partial charge in [-0.3, -0.25) is 0 Å². The van der Waals surface area contributed by atoms with Gasteiger partial charge in [-0.1, -0.05) is 0 Å². The summed E-state index contributed by atoms with van der Waals surface area (Å²) in [5.41, 5.74) is 0. The van der Waals surface area contributed by atoms with Gasteiger partial charge in [0.1, 0.15) is 0 Å². The summed E-state index contributed by atoms with van der Waals surface area (Å²) in [6.07, 6.45) is 0. The van der Waals surface area contributed by atoms with Crippen LogP contribution in [0.2, 0.25) is 0 Å². The zero-order valence-corrected chi connectivity index (χ0v) is 7.23. The van der Waals surface area contributed by atoms with Crippen molar-refractivity contribution in [1.82, 2.24) is 0 Å². The standard InChI is InChI=1S/Ag.2S.Sb/q+1;2*-2;+3. The molecular formula is AgS2Sb. The Labute approximate surface area is 73.0 Å². The van der Waals surface area contributed by atoms with Crippen molar-refractivity contribution in [2.24, 2.45) is 0 Å². The normalized spacial score (nSPS) is 0. The van der Waals surface area contributed by atoms with E-state index in [-0.39, 0.29) is 73.8 Å². The summed E-state index contributed by atoms with van der Waals surface area (Å²) in [5, 5.41) is 0. The first-order valence-corrected chi connectivity index (χ1v) is 0. The fourth-order valence-electron chi connectivity index (χ4n) is 0. The molecule has 0 heterocycles. The molecule has 2 radical (unpaired) electrons. The Morgan fingerprint density at radius 3 is 0.750 bits per heavy atom. The maximum atomic E-state index is 0. The summed E-state index contributed by atoms with van der Waals surface area (Å²) in [7, 11) is 0. The summed E-state index contributed by atoms with van der Waals surface area (Å²) < 4.78 is 0. The first-order valence-electron chi connectivity index (χ1n) is 0. The fourth-order valence-corrected chi connectivity index (χ4v) is 0. The number of hydrogen-bond donors (Lipinski definition) is 0. The van der Waals surface area contributed by atoms with Crippen molar-refractivity contribution >= 4 is 51.4 Å². The van der Waals surface area contributed by atoms with Gasteiger partial charge in [-0.15, -0.1) is 0 Å². The van der Waals surface area contributed by atoms with Crippen LogP contribution in [-0.4, -0.2) is 24.4 Å². The monoisotopic (exact) mass is 292 g/mol. The van der Waals surface area contributed by atoms with Crippen LogP contribution in [-0.2, 0) is 49.4 Å². The maximum Gasteiger partial charge on any atom is 3.00 e. The van der Waals surface area contributed by atoms with Crippen molar-refractivity contribution in [2.45, 2.75) is 0 Å². The number of rotatable bonds is 0. The van der Waals surface area contributed by atoms with E-state index in [1.807, 2.05) is 0 Å². The molecule has 0 aromatic carbocycles. The van der Waals surface area contributed by atoms with Gasteiger partial charge < -0.3 is 27.0 Å². The van der Waals surface area contributed by atoms with Crippen molar-refractivity contribution in [1.29, 1.82) is 0 Å². The third-order valence-electron chi connectivity index (χ3n) is 0. The van der Waals surface area contributed by atoms with E-state index in [0.29, 0.717) is 0 Å². The summed E-state index contributed by atoms with van der Waals surface area (Å²) in [6.45, 7) is 0.